The van der Waals surface area contributed by atoms with E-state index < -0.39 is 5.97 Å². The van der Waals surface area contributed by atoms with Gasteiger partial charge in [-0.05, 0) is 120 Å². The second kappa shape index (κ2) is 17.8. The number of para-hydroxylation sites is 1. The number of ether oxygens (including phenoxy) is 4. The highest BCUT2D eigenvalue weighted by Crippen LogP contribution is 2.34. The smallest absolute Gasteiger partial charge is 0.314 e. The SMILES string of the molecule is Cc1ccc(OC(=O)C2CCC(C(=O)Oc3ccc(OC(=O)C4CCC(C(=O)Oc5ccc(C)cc5)CC4)c(/C=N/Cc4nc5ccccc5s4)c3)CC2)cc1. The van der Waals surface area contributed by atoms with E-state index >= 15 is 0 Å². The summed E-state index contributed by atoms with van der Waals surface area (Å²) in [6.07, 6.45) is 5.70. The third kappa shape index (κ3) is 9.94. The maximum absolute atomic E-state index is 13.5. The summed E-state index contributed by atoms with van der Waals surface area (Å²) in [7, 11) is 0. The Morgan fingerprint density at radius 3 is 1.55 bits per heavy atom. The minimum Gasteiger partial charge on any atom is -0.426 e. The molecule has 2 aliphatic carbocycles. The number of hydrogen-bond donors (Lipinski definition) is 0. The largest absolute Gasteiger partial charge is 0.426 e. The van der Waals surface area contributed by atoms with Gasteiger partial charge in [-0.15, -0.1) is 11.3 Å². The van der Waals surface area contributed by atoms with Crippen molar-refractivity contribution in [3.63, 3.8) is 0 Å². The van der Waals surface area contributed by atoms with Crippen LogP contribution in [0.1, 0.15) is 73.1 Å². The lowest BCUT2D eigenvalue weighted by molar-refractivity contribution is -0.145. The second-order valence-corrected chi connectivity index (χ2v) is 15.8. The van der Waals surface area contributed by atoms with Crippen LogP contribution in [-0.4, -0.2) is 35.1 Å². The fourth-order valence-electron chi connectivity index (χ4n) is 7.13. The lowest BCUT2D eigenvalue weighted by Gasteiger charge is -2.26. The standard InChI is InChI=1S/C45H44N2O8S/c1-28-7-19-35(20-8-28)52-42(48)30-11-13-32(14-12-30)44(50)54-37-23-24-39(34(25-37)26-46-27-41-47-38-5-3-4-6-40(38)56-41)55-45(51)33-17-15-31(16-18-33)43(49)53-36-21-9-29(2)10-22-36/h3-10,19-26,30-33H,11-18,27H2,1-2H3/b46-26+. The van der Waals surface area contributed by atoms with Crippen LogP contribution in [0.25, 0.3) is 10.2 Å². The van der Waals surface area contributed by atoms with E-state index in [4.69, 9.17) is 18.9 Å². The van der Waals surface area contributed by atoms with Gasteiger partial charge in [0.05, 0.1) is 40.4 Å². The zero-order chi connectivity index (χ0) is 39.0. The zero-order valence-corrected chi connectivity index (χ0v) is 32.3. The molecule has 10 nitrogen and oxygen atoms in total. The first-order valence-corrected chi connectivity index (χ1v) is 20.0. The molecule has 56 heavy (non-hydrogen) atoms. The molecule has 5 aromatic rings. The molecule has 0 amide bonds. The van der Waals surface area contributed by atoms with E-state index in [1.54, 1.807) is 60.0 Å². The van der Waals surface area contributed by atoms with Gasteiger partial charge in [0, 0.05) is 11.8 Å². The first kappa shape index (κ1) is 38.6. The molecule has 0 atom stereocenters. The fourth-order valence-corrected chi connectivity index (χ4v) is 8.03. The molecule has 0 aliphatic heterocycles. The van der Waals surface area contributed by atoms with Gasteiger partial charge in [-0.25, -0.2) is 4.98 Å². The Morgan fingerprint density at radius 1 is 0.607 bits per heavy atom. The lowest BCUT2D eigenvalue weighted by Crippen LogP contribution is -2.30. The maximum atomic E-state index is 13.5. The van der Waals surface area contributed by atoms with Gasteiger partial charge in [0.2, 0.25) is 0 Å². The van der Waals surface area contributed by atoms with E-state index in [9.17, 15) is 19.2 Å². The van der Waals surface area contributed by atoms with E-state index in [1.165, 1.54) is 0 Å². The van der Waals surface area contributed by atoms with Crippen molar-refractivity contribution in [2.24, 2.45) is 28.7 Å². The van der Waals surface area contributed by atoms with Crippen molar-refractivity contribution in [2.75, 3.05) is 0 Å². The van der Waals surface area contributed by atoms with Crippen molar-refractivity contribution in [2.45, 2.75) is 71.8 Å². The molecule has 2 aliphatic rings. The monoisotopic (exact) mass is 772 g/mol. The van der Waals surface area contributed by atoms with Crippen LogP contribution < -0.4 is 18.9 Å². The van der Waals surface area contributed by atoms with Crippen LogP contribution >= 0.6 is 11.3 Å². The van der Waals surface area contributed by atoms with Crippen molar-refractivity contribution in [3.8, 4) is 23.0 Å². The van der Waals surface area contributed by atoms with Gasteiger partial charge < -0.3 is 18.9 Å². The molecule has 0 bridgehead atoms. The molecule has 11 heteroatoms. The number of esters is 4. The Bertz CT molecular complexity index is 2180. The maximum Gasteiger partial charge on any atom is 0.314 e. The molecular weight excluding hydrogens is 729 g/mol. The zero-order valence-electron chi connectivity index (χ0n) is 31.5. The number of fused-ring (bicyclic) bond motifs is 1. The van der Waals surface area contributed by atoms with Crippen LogP contribution in [0.2, 0.25) is 0 Å². The second-order valence-electron chi connectivity index (χ2n) is 14.7. The number of thiazole rings is 1. The van der Waals surface area contributed by atoms with Crippen LogP contribution in [-0.2, 0) is 25.7 Å². The summed E-state index contributed by atoms with van der Waals surface area (Å²) in [6, 6.07) is 27.4. The highest BCUT2D eigenvalue weighted by molar-refractivity contribution is 7.18. The molecule has 4 aromatic carbocycles. The predicted octanol–water partition coefficient (Wildman–Crippen LogP) is 9.17. The molecule has 2 saturated carbocycles. The minimum atomic E-state index is -0.390. The highest BCUT2D eigenvalue weighted by Gasteiger charge is 2.34. The first-order valence-electron chi connectivity index (χ1n) is 19.2. The van der Waals surface area contributed by atoms with Gasteiger partial charge in [-0.2, -0.15) is 0 Å². The van der Waals surface area contributed by atoms with E-state index in [1.807, 2.05) is 62.4 Å². The van der Waals surface area contributed by atoms with Crippen molar-refractivity contribution >= 4 is 51.6 Å². The number of carbonyl (C=O) groups is 4. The van der Waals surface area contributed by atoms with Crippen LogP contribution in [0.3, 0.4) is 0 Å². The van der Waals surface area contributed by atoms with Gasteiger partial charge in [0.25, 0.3) is 0 Å². The normalized spacial score (nSPS) is 19.7. The molecule has 0 radical (unpaired) electrons. The quantitative estimate of drug-likeness (QED) is 0.0733. The molecule has 1 aromatic heterocycles. The summed E-state index contributed by atoms with van der Waals surface area (Å²) >= 11 is 1.56. The highest BCUT2D eigenvalue weighted by atomic mass is 32.1. The van der Waals surface area contributed by atoms with E-state index in [0.29, 0.717) is 80.7 Å². The molecule has 0 N–H and O–H groups in total. The molecular formula is C45H44N2O8S. The summed E-state index contributed by atoms with van der Waals surface area (Å²) in [5.74, 6) is -1.05. The third-order valence-corrected chi connectivity index (χ3v) is 11.5. The van der Waals surface area contributed by atoms with Crippen molar-refractivity contribution in [1.82, 2.24) is 4.98 Å². The van der Waals surface area contributed by atoms with Gasteiger partial charge in [-0.3, -0.25) is 24.2 Å². The van der Waals surface area contributed by atoms with Crippen LogP contribution in [0.5, 0.6) is 23.0 Å². The van der Waals surface area contributed by atoms with E-state index in [-0.39, 0.29) is 47.3 Å². The fraction of sp³-hybridized carbons (Fsp3) is 0.333. The molecule has 0 spiro atoms. The Hall–Kier alpha value is -5.68. The number of benzene rings is 4. The number of aryl methyl sites for hydroxylation is 2. The molecule has 1 heterocycles. The van der Waals surface area contributed by atoms with Gasteiger partial charge in [0.15, 0.2) is 0 Å². The van der Waals surface area contributed by atoms with Crippen LogP contribution in [0.15, 0.2) is 96.0 Å². The summed E-state index contributed by atoms with van der Waals surface area (Å²) in [6.45, 7) is 4.26. The number of carbonyl (C=O) groups excluding carboxylic acids is 4. The predicted molar refractivity (Wildman–Crippen MR) is 213 cm³/mol. The van der Waals surface area contributed by atoms with Gasteiger partial charge in [0.1, 0.15) is 28.0 Å². The summed E-state index contributed by atoms with van der Waals surface area (Å²) in [5, 5.41) is 0.833. The average molecular weight is 773 g/mol. The topological polar surface area (TPSA) is 130 Å². The lowest BCUT2D eigenvalue weighted by atomic mass is 9.82. The molecule has 288 valence electrons. The number of hydrogen-bond acceptors (Lipinski definition) is 11. The first-order chi connectivity index (χ1) is 27.2. The van der Waals surface area contributed by atoms with Crippen molar-refractivity contribution in [3.05, 3.63) is 113 Å². The van der Waals surface area contributed by atoms with Crippen molar-refractivity contribution in [1.29, 1.82) is 0 Å². The number of aliphatic imine (C=N–C) groups is 1. The van der Waals surface area contributed by atoms with E-state index in [2.05, 4.69) is 9.98 Å². The molecule has 7 rings (SSSR count). The minimum absolute atomic E-state index is 0.282. The van der Waals surface area contributed by atoms with Gasteiger partial charge in [-0.1, -0.05) is 47.5 Å². The molecule has 2 fully saturated rings. The number of rotatable bonds is 11. The molecule has 0 saturated heterocycles. The number of nitrogens with zero attached hydrogens (tertiary/aromatic N) is 2. The van der Waals surface area contributed by atoms with Crippen LogP contribution in [0, 0.1) is 37.5 Å². The van der Waals surface area contributed by atoms with Crippen LogP contribution in [0.4, 0.5) is 0 Å². The average Bonchev–Trinajstić information content (AvgIpc) is 3.63. The van der Waals surface area contributed by atoms with Gasteiger partial charge >= 0.3 is 23.9 Å². The van der Waals surface area contributed by atoms with Crippen molar-refractivity contribution < 1.29 is 38.1 Å². The number of aromatic nitrogens is 1. The Balaban J connectivity index is 0.976. The summed E-state index contributed by atoms with van der Waals surface area (Å²) in [5.41, 5.74) is 3.54. The Labute approximate surface area is 329 Å². The Morgan fingerprint density at radius 2 is 1.05 bits per heavy atom. The third-order valence-electron chi connectivity index (χ3n) is 10.5. The summed E-state index contributed by atoms with van der Waals surface area (Å²) < 4.78 is 24.0. The summed E-state index contributed by atoms with van der Waals surface area (Å²) in [4.78, 5) is 61.7. The Kier molecular flexibility index (Phi) is 12.3. The molecule has 0 unspecified atom stereocenters. The van der Waals surface area contributed by atoms with E-state index in [0.717, 1.165) is 26.4 Å².